The van der Waals surface area contributed by atoms with Crippen molar-refractivity contribution in [3.05, 3.63) is 45.7 Å². The fourth-order valence-electron chi connectivity index (χ4n) is 2.65. The molecule has 1 heterocycles. The number of hydrogen-bond acceptors (Lipinski definition) is 2. The van der Waals surface area contributed by atoms with E-state index in [1.807, 2.05) is 30.8 Å². The molecule has 0 saturated heterocycles. The Balaban J connectivity index is 1.86. The van der Waals surface area contributed by atoms with Crippen molar-refractivity contribution >= 4 is 23.2 Å². The van der Waals surface area contributed by atoms with Gasteiger partial charge in [0.15, 0.2) is 5.69 Å². The third-order valence-corrected chi connectivity index (χ3v) is 4.17. The second kappa shape index (κ2) is 4.94. The molecule has 0 saturated carbocycles. The molecule has 3 rings (SSSR count). The van der Waals surface area contributed by atoms with Crippen LogP contribution in [0.25, 0.3) is 0 Å². The van der Waals surface area contributed by atoms with Crippen LogP contribution in [0, 0.1) is 6.92 Å². The Morgan fingerprint density at radius 1 is 1.40 bits per heavy atom. The third-order valence-electron chi connectivity index (χ3n) is 3.76. The summed E-state index contributed by atoms with van der Waals surface area (Å²) in [5, 5.41) is 7.86. The molecular weight excluding hydrogens is 274 g/mol. The van der Waals surface area contributed by atoms with E-state index in [1.165, 1.54) is 5.69 Å². The van der Waals surface area contributed by atoms with E-state index in [0.29, 0.717) is 16.4 Å². The first-order valence-electron chi connectivity index (χ1n) is 6.68. The van der Waals surface area contributed by atoms with Gasteiger partial charge in [0.05, 0.1) is 0 Å². The number of anilines is 1. The van der Waals surface area contributed by atoms with Crippen LogP contribution >= 0.6 is 11.6 Å². The molecule has 0 radical (unpaired) electrons. The number of carbonyl (C=O) groups excluding carboxylic acids is 1. The Morgan fingerprint density at radius 3 is 2.95 bits per heavy atom. The largest absolute Gasteiger partial charge is 0.321 e. The summed E-state index contributed by atoms with van der Waals surface area (Å²) in [6.45, 7) is 1.93. The van der Waals surface area contributed by atoms with Crippen LogP contribution in [0.1, 0.15) is 33.7 Å². The lowest BCUT2D eigenvalue weighted by Gasteiger charge is -2.06. The van der Waals surface area contributed by atoms with Gasteiger partial charge in [0.2, 0.25) is 0 Å². The van der Waals surface area contributed by atoms with Gasteiger partial charge in [-0.15, -0.1) is 0 Å². The Bertz CT molecular complexity index is 691. The SMILES string of the molecule is Cc1ccc(NC(=O)c2nn(C)c3c2CCC3)cc1Cl. The Kier molecular flexibility index (Phi) is 3.26. The zero-order chi connectivity index (χ0) is 14.3. The molecule has 20 heavy (non-hydrogen) atoms. The van der Waals surface area contributed by atoms with Gasteiger partial charge in [-0.05, 0) is 43.9 Å². The number of halogens is 1. The van der Waals surface area contributed by atoms with Gasteiger partial charge in [-0.1, -0.05) is 17.7 Å². The molecule has 0 bridgehead atoms. The molecule has 1 aromatic heterocycles. The van der Waals surface area contributed by atoms with Crippen LogP contribution < -0.4 is 5.32 Å². The monoisotopic (exact) mass is 289 g/mol. The highest BCUT2D eigenvalue weighted by molar-refractivity contribution is 6.31. The fraction of sp³-hybridized carbons (Fsp3) is 0.333. The molecule has 1 aliphatic carbocycles. The topological polar surface area (TPSA) is 46.9 Å². The van der Waals surface area contributed by atoms with Crippen molar-refractivity contribution < 1.29 is 4.79 Å². The van der Waals surface area contributed by atoms with Crippen molar-refractivity contribution in [3.8, 4) is 0 Å². The van der Waals surface area contributed by atoms with Gasteiger partial charge >= 0.3 is 0 Å². The second-order valence-electron chi connectivity index (χ2n) is 5.17. The van der Waals surface area contributed by atoms with Crippen LogP contribution in [0.5, 0.6) is 0 Å². The number of nitrogens with one attached hydrogen (secondary N) is 1. The highest BCUT2D eigenvalue weighted by Crippen LogP contribution is 2.26. The van der Waals surface area contributed by atoms with Crippen LogP contribution in [0.2, 0.25) is 5.02 Å². The summed E-state index contributed by atoms with van der Waals surface area (Å²) in [5.41, 5.74) is 4.49. The molecule has 4 nitrogen and oxygen atoms in total. The minimum atomic E-state index is -0.163. The van der Waals surface area contributed by atoms with E-state index in [-0.39, 0.29) is 5.91 Å². The van der Waals surface area contributed by atoms with Gasteiger partial charge < -0.3 is 5.32 Å². The van der Waals surface area contributed by atoms with E-state index in [2.05, 4.69) is 10.4 Å². The van der Waals surface area contributed by atoms with Crippen LogP contribution in [0.15, 0.2) is 18.2 Å². The summed E-state index contributed by atoms with van der Waals surface area (Å²) in [4.78, 5) is 12.4. The number of hydrogen-bond donors (Lipinski definition) is 1. The zero-order valence-electron chi connectivity index (χ0n) is 11.5. The molecule has 0 atom stereocenters. The quantitative estimate of drug-likeness (QED) is 0.923. The molecule has 5 heteroatoms. The molecule has 0 fully saturated rings. The summed E-state index contributed by atoms with van der Waals surface area (Å²) < 4.78 is 1.82. The lowest BCUT2D eigenvalue weighted by atomic mass is 10.2. The van der Waals surface area contributed by atoms with Crippen molar-refractivity contribution in [2.75, 3.05) is 5.32 Å². The molecule has 2 aromatic rings. The van der Waals surface area contributed by atoms with Crippen LogP contribution in [0.3, 0.4) is 0 Å². The van der Waals surface area contributed by atoms with Crippen molar-refractivity contribution in [2.24, 2.45) is 7.05 Å². The number of rotatable bonds is 2. The van der Waals surface area contributed by atoms with Crippen molar-refractivity contribution in [1.82, 2.24) is 9.78 Å². The highest BCUT2D eigenvalue weighted by Gasteiger charge is 2.25. The smallest absolute Gasteiger partial charge is 0.276 e. The second-order valence-corrected chi connectivity index (χ2v) is 5.58. The maximum atomic E-state index is 12.4. The van der Waals surface area contributed by atoms with E-state index in [0.717, 1.165) is 30.4 Å². The van der Waals surface area contributed by atoms with E-state index in [9.17, 15) is 4.79 Å². The third kappa shape index (κ3) is 2.20. The van der Waals surface area contributed by atoms with Crippen LogP contribution in [-0.2, 0) is 19.9 Å². The summed E-state index contributed by atoms with van der Waals surface area (Å²) in [6, 6.07) is 5.50. The van der Waals surface area contributed by atoms with Gasteiger partial charge in [0.25, 0.3) is 5.91 Å². The maximum absolute atomic E-state index is 12.4. The average Bonchev–Trinajstić information content (AvgIpc) is 2.98. The minimum Gasteiger partial charge on any atom is -0.321 e. The Labute approximate surface area is 122 Å². The molecular formula is C15H16ClN3O. The predicted molar refractivity (Wildman–Crippen MR) is 79.4 cm³/mol. The van der Waals surface area contributed by atoms with Gasteiger partial charge in [-0.2, -0.15) is 5.10 Å². The van der Waals surface area contributed by atoms with Crippen molar-refractivity contribution in [1.29, 1.82) is 0 Å². The summed E-state index contributed by atoms with van der Waals surface area (Å²) in [6.07, 6.45) is 3.03. The number of carbonyl (C=O) groups is 1. The first-order chi connectivity index (χ1) is 9.56. The highest BCUT2D eigenvalue weighted by atomic mass is 35.5. The lowest BCUT2D eigenvalue weighted by Crippen LogP contribution is -2.14. The summed E-state index contributed by atoms with van der Waals surface area (Å²) >= 11 is 6.07. The van der Waals surface area contributed by atoms with Gasteiger partial charge in [-0.3, -0.25) is 9.48 Å². The molecule has 104 valence electrons. The molecule has 0 spiro atoms. The minimum absolute atomic E-state index is 0.163. The summed E-state index contributed by atoms with van der Waals surface area (Å²) in [7, 11) is 1.89. The Hall–Kier alpha value is -1.81. The van der Waals surface area contributed by atoms with E-state index < -0.39 is 0 Å². The maximum Gasteiger partial charge on any atom is 0.276 e. The van der Waals surface area contributed by atoms with Gasteiger partial charge in [0, 0.05) is 29.0 Å². The average molecular weight is 290 g/mol. The molecule has 1 aliphatic rings. The number of aromatic nitrogens is 2. The number of aryl methyl sites for hydroxylation is 2. The van der Waals surface area contributed by atoms with Crippen molar-refractivity contribution in [3.63, 3.8) is 0 Å². The molecule has 1 N–H and O–H groups in total. The summed E-state index contributed by atoms with van der Waals surface area (Å²) in [5.74, 6) is -0.163. The predicted octanol–water partition coefficient (Wildman–Crippen LogP) is 3.12. The van der Waals surface area contributed by atoms with E-state index in [1.54, 1.807) is 6.07 Å². The van der Waals surface area contributed by atoms with E-state index in [4.69, 9.17) is 11.6 Å². The molecule has 1 aromatic carbocycles. The van der Waals surface area contributed by atoms with Gasteiger partial charge in [-0.25, -0.2) is 0 Å². The molecule has 1 amide bonds. The fourth-order valence-corrected chi connectivity index (χ4v) is 2.83. The number of amides is 1. The Morgan fingerprint density at radius 2 is 2.20 bits per heavy atom. The van der Waals surface area contributed by atoms with Crippen LogP contribution in [0.4, 0.5) is 5.69 Å². The number of fused-ring (bicyclic) bond motifs is 1. The first-order valence-corrected chi connectivity index (χ1v) is 7.06. The van der Waals surface area contributed by atoms with Crippen molar-refractivity contribution in [2.45, 2.75) is 26.2 Å². The zero-order valence-corrected chi connectivity index (χ0v) is 12.3. The first kappa shape index (κ1) is 13.2. The van der Waals surface area contributed by atoms with E-state index >= 15 is 0 Å². The van der Waals surface area contributed by atoms with Gasteiger partial charge in [0.1, 0.15) is 0 Å². The standard InChI is InChI=1S/C15H16ClN3O/c1-9-6-7-10(8-12(9)16)17-15(20)14-11-4-3-5-13(11)19(2)18-14/h6-8H,3-5H2,1-2H3,(H,17,20). The number of nitrogens with zero attached hydrogens (tertiary/aromatic N) is 2. The lowest BCUT2D eigenvalue weighted by molar-refractivity contribution is 0.102. The van der Waals surface area contributed by atoms with Crippen LogP contribution in [-0.4, -0.2) is 15.7 Å². The number of benzene rings is 1. The molecule has 0 aliphatic heterocycles. The normalized spacial score (nSPS) is 13.3. The molecule has 0 unspecified atom stereocenters.